The summed E-state index contributed by atoms with van der Waals surface area (Å²) in [5, 5.41) is 0. The molecular weight excluding hydrogens is 264 g/mol. The fourth-order valence-corrected chi connectivity index (χ4v) is 6.36. The van der Waals surface area contributed by atoms with Gasteiger partial charge in [-0.05, 0) is 75.0 Å². The Kier molecular flexibility index (Phi) is 2.37. The predicted molar refractivity (Wildman–Crippen MR) is 77.4 cm³/mol. The fourth-order valence-electron chi connectivity index (χ4n) is 6.36. The first-order chi connectivity index (χ1) is 10.0. The summed E-state index contributed by atoms with van der Waals surface area (Å²) in [7, 11) is 0. The first-order valence-electron chi connectivity index (χ1n) is 8.88. The Bertz CT molecular complexity index is 499. The molecule has 5 aliphatic rings. The molecule has 1 saturated heterocycles. The van der Waals surface area contributed by atoms with E-state index >= 15 is 0 Å². The van der Waals surface area contributed by atoms with Crippen molar-refractivity contribution >= 4 is 5.97 Å². The minimum atomic E-state index is -0.333. The van der Waals surface area contributed by atoms with E-state index in [4.69, 9.17) is 9.47 Å². The monoisotopic (exact) mass is 290 g/mol. The maximum atomic E-state index is 12.4. The number of hydrogen-bond donors (Lipinski definition) is 0. The molecule has 1 aliphatic heterocycles. The van der Waals surface area contributed by atoms with Crippen LogP contribution < -0.4 is 0 Å². The van der Waals surface area contributed by atoms with Gasteiger partial charge in [-0.1, -0.05) is 6.92 Å². The second-order valence-corrected chi connectivity index (χ2v) is 8.86. The quantitative estimate of drug-likeness (QED) is 0.455. The molecule has 4 aliphatic carbocycles. The van der Waals surface area contributed by atoms with Crippen molar-refractivity contribution in [3.63, 3.8) is 0 Å². The maximum absolute atomic E-state index is 12.4. The molecule has 9 unspecified atom stereocenters. The number of hydrogen-bond acceptors (Lipinski definition) is 3. The number of esters is 1. The van der Waals surface area contributed by atoms with Crippen LogP contribution in [0.4, 0.5) is 0 Å². The van der Waals surface area contributed by atoms with Gasteiger partial charge in [0.2, 0.25) is 0 Å². The van der Waals surface area contributed by atoms with Crippen molar-refractivity contribution in [3.8, 4) is 0 Å². The van der Waals surface area contributed by atoms with E-state index in [-0.39, 0.29) is 17.5 Å². The highest BCUT2D eigenvalue weighted by Crippen LogP contribution is 2.72. The molecule has 116 valence electrons. The van der Waals surface area contributed by atoms with Crippen LogP contribution in [0.25, 0.3) is 0 Å². The molecule has 0 aromatic heterocycles. The van der Waals surface area contributed by atoms with E-state index in [0.29, 0.717) is 18.1 Å². The summed E-state index contributed by atoms with van der Waals surface area (Å²) in [6.07, 6.45) is 6.09. The lowest BCUT2D eigenvalue weighted by Gasteiger charge is -2.37. The Morgan fingerprint density at radius 1 is 1.10 bits per heavy atom. The van der Waals surface area contributed by atoms with Crippen molar-refractivity contribution in [2.24, 2.45) is 40.9 Å². The molecule has 0 aromatic carbocycles. The third kappa shape index (κ3) is 1.51. The maximum Gasteiger partial charge on any atom is 0.311 e. The number of ether oxygens (including phenoxy) is 2. The molecule has 0 radical (unpaired) electrons. The molecule has 0 aromatic rings. The Morgan fingerprint density at radius 2 is 1.81 bits per heavy atom. The number of epoxide rings is 1. The Hall–Kier alpha value is -0.570. The van der Waals surface area contributed by atoms with Gasteiger partial charge in [-0.2, -0.15) is 0 Å². The number of fused-ring (bicyclic) bond motifs is 12. The topological polar surface area (TPSA) is 38.8 Å². The zero-order valence-corrected chi connectivity index (χ0v) is 13.2. The lowest BCUT2D eigenvalue weighted by molar-refractivity contribution is -0.164. The number of rotatable bonds is 3. The minimum absolute atomic E-state index is 0.0165. The normalized spacial score (nSPS) is 55.5. The van der Waals surface area contributed by atoms with E-state index in [1.165, 1.54) is 12.8 Å². The molecule has 9 atom stereocenters. The third-order valence-electron chi connectivity index (χ3n) is 7.70. The van der Waals surface area contributed by atoms with Gasteiger partial charge in [0.15, 0.2) is 0 Å². The Morgan fingerprint density at radius 3 is 2.52 bits per heavy atom. The van der Waals surface area contributed by atoms with Crippen LogP contribution in [0.15, 0.2) is 0 Å². The van der Waals surface area contributed by atoms with Gasteiger partial charge >= 0.3 is 5.97 Å². The molecule has 4 bridgehead atoms. The number of carbonyl (C=O) groups excluding carboxylic acids is 1. The van der Waals surface area contributed by atoms with Crippen LogP contribution in [0.5, 0.6) is 0 Å². The molecule has 4 saturated carbocycles. The first-order valence-corrected chi connectivity index (χ1v) is 8.88. The molecule has 3 heteroatoms. The molecule has 0 N–H and O–H groups in total. The largest absolute Gasteiger partial charge is 0.462 e. The molecule has 5 rings (SSSR count). The molecule has 21 heavy (non-hydrogen) atoms. The average Bonchev–Trinajstić information content (AvgIpc) is 2.81. The second-order valence-electron chi connectivity index (χ2n) is 8.86. The van der Waals surface area contributed by atoms with Crippen molar-refractivity contribution in [2.45, 2.75) is 64.8 Å². The summed E-state index contributed by atoms with van der Waals surface area (Å²) in [6, 6.07) is 0. The summed E-state index contributed by atoms with van der Waals surface area (Å²) in [4.78, 5) is 12.4. The standard InChI is InChI=1S/C18H26O3/c1-4-18(2,3)17(19)20-12-6-8-5-9(12)14-11-7-10(13(8)14)15-16(11)21-15/h8-16H,4-7H2,1-3H3. The molecule has 5 fully saturated rings. The third-order valence-corrected chi connectivity index (χ3v) is 7.70. The molecular formula is C18H26O3. The lowest BCUT2D eigenvalue weighted by Crippen LogP contribution is -2.41. The highest BCUT2D eigenvalue weighted by molar-refractivity contribution is 5.76. The molecule has 3 nitrogen and oxygen atoms in total. The van der Waals surface area contributed by atoms with Crippen molar-refractivity contribution in [1.29, 1.82) is 0 Å². The summed E-state index contributed by atoms with van der Waals surface area (Å²) >= 11 is 0. The molecule has 1 heterocycles. The van der Waals surface area contributed by atoms with Crippen molar-refractivity contribution < 1.29 is 14.3 Å². The van der Waals surface area contributed by atoms with Crippen molar-refractivity contribution in [1.82, 2.24) is 0 Å². The summed E-state index contributed by atoms with van der Waals surface area (Å²) in [6.45, 7) is 6.08. The van der Waals surface area contributed by atoms with E-state index in [0.717, 1.165) is 42.4 Å². The lowest BCUT2D eigenvalue weighted by atomic mass is 9.70. The fraction of sp³-hybridized carbons (Fsp3) is 0.944. The minimum Gasteiger partial charge on any atom is -0.462 e. The van der Waals surface area contributed by atoms with Crippen molar-refractivity contribution in [3.05, 3.63) is 0 Å². The van der Waals surface area contributed by atoms with Gasteiger partial charge in [0.1, 0.15) is 6.10 Å². The predicted octanol–water partition coefficient (Wildman–Crippen LogP) is 3.02. The highest BCUT2D eigenvalue weighted by Gasteiger charge is 2.73. The van der Waals surface area contributed by atoms with Crippen LogP contribution in [0.2, 0.25) is 0 Å². The van der Waals surface area contributed by atoms with Crippen LogP contribution >= 0.6 is 0 Å². The van der Waals surface area contributed by atoms with Crippen LogP contribution in [0, 0.1) is 40.9 Å². The zero-order chi connectivity index (χ0) is 14.5. The van der Waals surface area contributed by atoms with Gasteiger partial charge in [0.25, 0.3) is 0 Å². The van der Waals surface area contributed by atoms with E-state index < -0.39 is 0 Å². The second kappa shape index (κ2) is 3.84. The number of carbonyl (C=O) groups is 1. The van der Waals surface area contributed by atoms with Gasteiger partial charge in [0, 0.05) is 0 Å². The van der Waals surface area contributed by atoms with E-state index in [1.54, 1.807) is 0 Å². The summed E-state index contributed by atoms with van der Waals surface area (Å²) in [5.41, 5.74) is -0.333. The van der Waals surface area contributed by atoms with Crippen LogP contribution in [-0.2, 0) is 14.3 Å². The van der Waals surface area contributed by atoms with Crippen LogP contribution in [0.1, 0.15) is 46.5 Å². The van der Waals surface area contributed by atoms with E-state index in [9.17, 15) is 4.79 Å². The molecule has 0 spiro atoms. The SMILES string of the molecule is CCC(C)(C)C(=O)OC1CC2CC1C1C3CC(C4OC34)C21. The molecule has 0 amide bonds. The van der Waals surface area contributed by atoms with E-state index in [1.807, 2.05) is 13.8 Å². The van der Waals surface area contributed by atoms with Crippen molar-refractivity contribution in [2.75, 3.05) is 0 Å². The summed E-state index contributed by atoms with van der Waals surface area (Å²) in [5.74, 6) is 4.81. The van der Waals surface area contributed by atoms with E-state index in [2.05, 4.69) is 6.92 Å². The van der Waals surface area contributed by atoms with Gasteiger partial charge in [-0.3, -0.25) is 4.79 Å². The van der Waals surface area contributed by atoms with Gasteiger partial charge in [0.05, 0.1) is 17.6 Å². The van der Waals surface area contributed by atoms with Gasteiger partial charge < -0.3 is 9.47 Å². The summed E-state index contributed by atoms with van der Waals surface area (Å²) < 4.78 is 11.9. The first kappa shape index (κ1) is 12.9. The van der Waals surface area contributed by atoms with Crippen LogP contribution in [-0.4, -0.2) is 24.3 Å². The Labute approximate surface area is 126 Å². The smallest absolute Gasteiger partial charge is 0.311 e. The Balaban J connectivity index is 1.34. The average molecular weight is 290 g/mol. The highest BCUT2D eigenvalue weighted by atomic mass is 16.6. The van der Waals surface area contributed by atoms with Gasteiger partial charge in [-0.25, -0.2) is 0 Å². The van der Waals surface area contributed by atoms with Gasteiger partial charge in [-0.15, -0.1) is 0 Å². The van der Waals surface area contributed by atoms with Crippen LogP contribution in [0.3, 0.4) is 0 Å². The zero-order valence-electron chi connectivity index (χ0n) is 13.2.